The first kappa shape index (κ1) is 19.8. The Morgan fingerprint density at radius 1 is 1.10 bits per heavy atom. The minimum Gasteiger partial charge on any atom is -0.349 e. The summed E-state index contributed by atoms with van der Waals surface area (Å²) in [6, 6.07) is 3.57. The summed E-state index contributed by atoms with van der Waals surface area (Å²) in [7, 11) is 0. The summed E-state index contributed by atoms with van der Waals surface area (Å²) in [6.07, 6.45) is 12.7. The number of carbonyl (C=O) groups excluding carboxylic acids is 2. The van der Waals surface area contributed by atoms with Gasteiger partial charge in [0.1, 0.15) is 11.7 Å². The number of hydrogen-bond acceptors (Lipinski definition) is 3. The number of imidazole rings is 1. The second-order valence-electron chi connectivity index (χ2n) is 10.4. The number of amides is 2. The molecule has 0 spiro atoms. The van der Waals surface area contributed by atoms with E-state index in [4.69, 9.17) is 0 Å². The van der Waals surface area contributed by atoms with E-state index in [-0.39, 0.29) is 23.3 Å². The van der Waals surface area contributed by atoms with E-state index < -0.39 is 0 Å². The van der Waals surface area contributed by atoms with Crippen molar-refractivity contribution in [3.8, 4) is 0 Å². The molecule has 1 N–H and O–H groups in total. The summed E-state index contributed by atoms with van der Waals surface area (Å²) in [5, 5.41) is 3.05. The van der Waals surface area contributed by atoms with Crippen LogP contribution in [0.5, 0.6) is 0 Å². The molecule has 1 atom stereocenters. The van der Waals surface area contributed by atoms with Crippen molar-refractivity contribution in [3.63, 3.8) is 0 Å². The Morgan fingerprint density at radius 2 is 1.81 bits per heavy atom. The maximum absolute atomic E-state index is 13.8. The van der Waals surface area contributed by atoms with E-state index >= 15 is 0 Å². The molecule has 4 bridgehead atoms. The van der Waals surface area contributed by atoms with Crippen LogP contribution in [0, 0.1) is 23.2 Å². The molecule has 2 aromatic heterocycles. The molecular formula is C24H29BrN4O2. The van der Waals surface area contributed by atoms with Gasteiger partial charge in [0.2, 0.25) is 11.8 Å². The molecule has 3 heterocycles. The van der Waals surface area contributed by atoms with Crippen LogP contribution in [0.15, 0.2) is 29.0 Å². The third-order valence-electron chi connectivity index (χ3n) is 8.22. The van der Waals surface area contributed by atoms with Crippen LogP contribution in [0.3, 0.4) is 0 Å². The highest BCUT2D eigenvalue weighted by molar-refractivity contribution is 9.10. The lowest BCUT2D eigenvalue weighted by Crippen LogP contribution is -2.57. The third-order valence-corrected chi connectivity index (χ3v) is 8.69. The van der Waals surface area contributed by atoms with Crippen LogP contribution in [0.1, 0.15) is 57.1 Å². The maximum Gasteiger partial charge on any atom is 0.243 e. The quantitative estimate of drug-likeness (QED) is 0.714. The van der Waals surface area contributed by atoms with Crippen LogP contribution >= 0.6 is 15.9 Å². The Hall–Kier alpha value is -1.89. The van der Waals surface area contributed by atoms with Crippen LogP contribution in [-0.4, -0.2) is 38.7 Å². The molecule has 7 heteroatoms. The van der Waals surface area contributed by atoms with E-state index in [1.54, 1.807) is 0 Å². The van der Waals surface area contributed by atoms with Gasteiger partial charge in [-0.25, -0.2) is 4.98 Å². The normalized spacial score (nSPS) is 33.9. The molecule has 5 fully saturated rings. The fraction of sp³-hybridized carbons (Fsp3) is 0.625. The van der Waals surface area contributed by atoms with Crippen molar-refractivity contribution in [2.45, 2.75) is 64.0 Å². The highest BCUT2D eigenvalue weighted by Gasteiger charge is 2.56. The number of hydrogen-bond donors (Lipinski definition) is 1. The van der Waals surface area contributed by atoms with E-state index in [1.165, 1.54) is 19.3 Å². The number of pyridine rings is 1. The molecule has 7 rings (SSSR count). The average molecular weight is 485 g/mol. The molecule has 31 heavy (non-hydrogen) atoms. The highest BCUT2D eigenvalue weighted by atomic mass is 79.9. The van der Waals surface area contributed by atoms with Crippen molar-refractivity contribution < 1.29 is 9.59 Å². The van der Waals surface area contributed by atoms with E-state index in [0.29, 0.717) is 6.54 Å². The van der Waals surface area contributed by atoms with E-state index in [0.717, 1.165) is 72.2 Å². The van der Waals surface area contributed by atoms with Crippen molar-refractivity contribution in [2.24, 2.45) is 23.2 Å². The molecule has 2 amide bonds. The van der Waals surface area contributed by atoms with Crippen LogP contribution in [0.25, 0.3) is 5.65 Å². The van der Waals surface area contributed by atoms with Gasteiger partial charge in [0.15, 0.2) is 0 Å². The molecule has 2 aromatic rings. The van der Waals surface area contributed by atoms with Crippen LogP contribution in [-0.2, 0) is 16.1 Å². The number of likely N-dealkylation sites (tertiary alicyclic amines) is 1. The first-order valence-electron chi connectivity index (χ1n) is 11.7. The molecule has 0 radical (unpaired) electrons. The zero-order chi connectivity index (χ0) is 21.2. The minimum absolute atomic E-state index is 0.0335. The number of nitrogens with one attached hydrogen (secondary N) is 1. The Bertz CT molecular complexity index is 1010. The van der Waals surface area contributed by atoms with Gasteiger partial charge in [0.05, 0.1) is 17.7 Å². The third kappa shape index (κ3) is 3.40. The average Bonchev–Trinajstić information content (AvgIpc) is 3.37. The van der Waals surface area contributed by atoms with Gasteiger partial charge < -0.3 is 14.6 Å². The fourth-order valence-electron chi connectivity index (χ4n) is 7.36. The summed E-state index contributed by atoms with van der Waals surface area (Å²) < 4.78 is 2.93. The summed E-state index contributed by atoms with van der Waals surface area (Å²) in [6.45, 7) is 1.11. The lowest BCUT2D eigenvalue weighted by atomic mass is 9.49. The Kier molecular flexibility index (Phi) is 4.67. The van der Waals surface area contributed by atoms with Crippen molar-refractivity contribution in [1.29, 1.82) is 0 Å². The lowest BCUT2D eigenvalue weighted by Gasteiger charge is -2.56. The van der Waals surface area contributed by atoms with Crippen molar-refractivity contribution in [3.05, 3.63) is 34.7 Å². The second kappa shape index (κ2) is 7.32. The lowest BCUT2D eigenvalue weighted by molar-refractivity contribution is -0.160. The zero-order valence-corrected chi connectivity index (χ0v) is 19.3. The smallest absolute Gasteiger partial charge is 0.243 e. The standard InChI is InChI=1S/C24H29BrN4O2/c25-18-3-4-21-27-19(14-28(21)13-18)12-26-22(30)20-2-1-5-29(20)23(31)24-9-15-6-16(10-24)8-17(7-15)11-24/h3-4,13-17,20H,1-2,5-12H2,(H,26,30). The zero-order valence-electron chi connectivity index (χ0n) is 17.7. The number of nitrogens with zero attached hydrogens (tertiary/aromatic N) is 3. The van der Waals surface area contributed by atoms with Gasteiger partial charge in [-0.2, -0.15) is 0 Å². The van der Waals surface area contributed by atoms with Gasteiger partial charge >= 0.3 is 0 Å². The molecule has 4 saturated carbocycles. The van der Waals surface area contributed by atoms with E-state index in [1.807, 2.05) is 33.8 Å². The summed E-state index contributed by atoms with van der Waals surface area (Å²) in [5.41, 5.74) is 1.50. The maximum atomic E-state index is 13.8. The van der Waals surface area contributed by atoms with Crippen LogP contribution in [0.4, 0.5) is 0 Å². The minimum atomic E-state index is -0.327. The van der Waals surface area contributed by atoms with Crippen molar-refractivity contribution >= 4 is 33.4 Å². The van der Waals surface area contributed by atoms with Gasteiger partial charge in [-0.15, -0.1) is 0 Å². The summed E-state index contributed by atoms with van der Waals surface area (Å²) >= 11 is 3.47. The topological polar surface area (TPSA) is 66.7 Å². The molecule has 164 valence electrons. The van der Waals surface area contributed by atoms with Crippen molar-refractivity contribution in [1.82, 2.24) is 19.6 Å². The van der Waals surface area contributed by atoms with E-state index in [9.17, 15) is 9.59 Å². The van der Waals surface area contributed by atoms with Gasteiger partial charge in [-0.1, -0.05) is 0 Å². The fourth-order valence-corrected chi connectivity index (χ4v) is 7.71. The molecule has 1 unspecified atom stereocenters. The highest BCUT2D eigenvalue weighted by Crippen LogP contribution is 2.60. The number of rotatable bonds is 4. The van der Waals surface area contributed by atoms with E-state index in [2.05, 4.69) is 26.2 Å². The summed E-state index contributed by atoms with van der Waals surface area (Å²) in [5.74, 6) is 2.45. The Morgan fingerprint density at radius 3 is 2.52 bits per heavy atom. The van der Waals surface area contributed by atoms with Gasteiger partial charge in [-0.3, -0.25) is 9.59 Å². The number of aromatic nitrogens is 2. The number of carbonyl (C=O) groups is 2. The predicted octanol–water partition coefficient (Wildman–Crippen LogP) is 3.92. The largest absolute Gasteiger partial charge is 0.349 e. The molecular weight excluding hydrogens is 456 g/mol. The van der Waals surface area contributed by atoms with Gasteiger partial charge in [0, 0.05) is 23.4 Å². The molecule has 4 aliphatic carbocycles. The van der Waals surface area contributed by atoms with Gasteiger partial charge in [0.25, 0.3) is 0 Å². The number of halogens is 1. The molecule has 1 saturated heterocycles. The Balaban J connectivity index is 1.14. The first-order valence-corrected chi connectivity index (χ1v) is 12.5. The molecule has 5 aliphatic rings. The van der Waals surface area contributed by atoms with Crippen LogP contribution in [0.2, 0.25) is 0 Å². The van der Waals surface area contributed by atoms with Crippen LogP contribution < -0.4 is 5.32 Å². The Labute approximate surface area is 190 Å². The molecule has 1 aliphatic heterocycles. The monoisotopic (exact) mass is 484 g/mol. The molecule has 0 aromatic carbocycles. The first-order chi connectivity index (χ1) is 15.0. The predicted molar refractivity (Wildman–Crippen MR) is 120 cm³/mol. The SMILES string of the molecule is O=C(NCc1cn2cc(Br)ccc2n1)C1CCCN1C(=O)C12CC3CC(CC(C3)C1)C2. The second-order valence-corrected chi connectivity index (χ2v) is 11.3. The molecule has 6 nitrogen and oxygen atoms in total. The van der Waals surface area contributed by atoms with Crippen molar-refractivity contribution in [2.75, 3.05) is 6.54 Å². The summed E-state index contributed by atoms with van der Waals surface area (Å²) in [4.78, 5) is 33.4. The number of fused-ring (bicyclic) bond motifs is 1. The van der Waals surface area contributed by atoms with Gasteiger partial charge in [-0.05, 0) is 97.2 Å².